The fourth-order valence-electron chi connectivity index (χ4n) is 2.92. The summed E-state index contributed by atoms with van der Waals surface area (Å²) < 4.78 is 0. The van der Waals surface area contributed by atoms with Gasteiger partial charge in [0.2, 0.25) is 5.91 Å². The van der Waals surface area contributed by atoms with Crippen molar-refractivity contribution in [2.75, 3.05) is 23.3 Å². The summed E-state index contributed by atoms with van der Waals surface area (Å²) in [4.78, 5) is 14.4. The van der Waals surface area contributed by atoms with Crippen LogP contribution in [0.2, 0.25) is 10.0 Å². The van der Waals surface area contributed by atoms with Crippen molar-refractivity contribution < 1.29 is 4.79 Å². The molecule has 4 nitrogen and oxygen atoms in total. The van der Waals surface area contributed by atoms with E-state index in [2.05, 4.69) is 21.6 Å². The lowest BCUT2D eigenvalue weighted by molar-refractivity contribution is -0.115. The highest BCUT2D eigenvalue weighted by Crippen LogP contribution is 2.28. The number of hydrogen-bond acceptors (Lipinski definition) is 3. The topological polar surface area (TPSA) is 44.4 Å². The molecular weight excluding hydrogens is 401 g/mol. The van der Waals surface area contributed by atoms with Gasteiger partial charge in [0.05, 0.1) is 11.4 Å². The fourth-order valence-corrected chi connectivity index (χ4v) is 3.60. The Kier molecular flexibility index (Phi) is 6.72. The normalized spacial score (nSPS) is 13.8. The SMILES string of the molecule is O=C(/C=C\c1ccc(Cl)cc1Cl)NC(=S)Nc1ccccc1N1CCCC1. The first-order chi connectivity index (χ1) is 13.0. The standard InChI is InChI=1S/C20H19Cl2N3OS/c21-15-9-7-14(16(22)13-15)8-10-19(26)24-20(27)23-17-5-1-2-6-18(17)25-11-3-4-12-25/h1-2,5-10,13H,3-4,11-12H2,(H2,23,24,26,27)/b10-8-. The van der Waals surface area contributed by atoms with E-state index in [1.807, 2.05) is 18.2 Å². The van der Waals surface area contributed by atoms with Crippen LogP contribution in [-0.2, 0) is 4.79 Å². The smallest absolute Gasteiger partial charge is 0.250 e. The van der Waals surface area contributed by atoms with Gasteiger partial charge in [0.1, 0.15) is 0 Å². The first-order valence-electron chi connectivity index (χ1n) is 8.62. The summed E-state index contributed by atoms with van der Waals surface area (Å²) in [7, 11) is 0. The van der Waals surface area contributed by atoms with Crippen molar-refractivity contribution in [3.8, 4) is 0 Å². The number of halogens is 2. The van der Waals surface area contributed by atoms with Crippen molar-refractivity contribution in [2.24, 2.45) is 0 Å². The molecule has 0 aliphatic carbocycles. The van der Waals surface area contributed by atoms with Crippen molar-refractivity contribution in [3.63, 3.8) is 0 Å². The molecule has 2 N–H and O–H groups in total. The summed E-state index contributed by atoms with van der Waals surface area (Å²) in [5.74, 6) is -0.336. The van der Waals surface area contributed by atoms with Gasteiger partial charge >= 0.3 is 0 Å². The van der Waals surface area contributed by atoms with E-state index in [0.29, 0.717) is 15.6 Å². The number of para-hydroxylation sites is 2. The summed E-state index contributed by atoms with van der Waals surface area (Å²) >= 11 is 17.2. The largest absolute Gasteiger partial charge is 0.370 e. The Bertz CT molecular complexity index is 879. The van der Waals surface area contributed by atoms with Gasteiger partial charge in [-0.1, -0.05) is 41.4 Å². The van der Waals surface area contributed by atoms with Gasteiger partial charge in [-0.2, -0.15) is 0 Å². The quantitative estimate of drug-likeness (QED) is 0.532. The van der Waals surface area contributed by atoms with Crippen LogP contribution in [0.1, 0.15) is 18.4 Å². The average molecular weight is 420 g/mol. The number of hydrogen-bond donors (Lipinski definition) is 2. The van der Waals surface area contributed by atoms with Gasteiger partial charge in [-0.3, -0.25) is 10.1 Å². The molecule has 0 atom stereocenters. The van der Waals surface area contributed by atoms with Gasteiger partial charge in [0.15, 0.2) is 5.11 Å². The molecule has 2 aromatic rings. The first kappa shape index (κ1) is 19.7. The Morgan fingerprint density at radius 2 is 1.85 bits per heavy atom. The number of thiocarbonyl (C=S) groups is 1. The van der Waals surface area contributed by atoms with Crippen molar-refractivity contribution in [1.82, 2.24) is 5.32 Å². The molecule has 0 aromatic heterocycles. The lowest BCUT2D eigenvalue weighted by Gasteiger charge is -2.22. The molecule has 1 fully saturated rings. The molecular formula is C20H19Cl2N3OS. The third-order valence-corrected chi connectivity index (χ3v) is 4.98. The minimum atomic E-state index is -0.336. The third-order valence-electron chi connectivity index (χ3n) is 4.21. The number of nitrogens with one attached hydrogen (secondary N) is 2. The number of rotatable bonds is 4. The van der Waals surface area contributed by atoms with Crippen LogP contribution < -0.4 is 15.5 Å². The van der Waals surface area contributed by atoms with E-state index in [9.17, 15) is 4.79 Å². The average Bonchev–Trinajstić information content (AvgIpc) is 3.16. The van der Waals surface area contributed by atoms with Gasteiger partial charge in [-0.25, -0.2) is 0 Å². The van der Waals surface area contributed by atoms with Crippen LogP contribution in [0.4, 0.5) is 11.4 Å². The first-order valence-corrected chi connectivity index (χ1v) is 9.78. The maximum atomic E-state index is 12.1. The molecule has 140 valence electrons. The number of carbonyl (C=O) groups is 1. The molecule has 27 heavy (non-hydrogen) atoms. The summed E-state index contributed by atoms with van der Waals surface area (Å²) in [6, 6.07) is 13.0. The highest BCUT2D eigenvalue weighted by Gasteiger charge is 2.16. The van der Waals surface area contributed by atoms with Crippen LogP contribution in [0.3, 0.4) is 0 Å². The van der Waals surface area contributed by atoms with Gasteiger partial charge in [-0.05, 0) is 61.0 Å². The zero-order valence-electron chi connectivity index (χ0n) is 14.5. The van der Waals surface area contributed by atoms with E-state index >= 15 is 0 Å². The number of benzene rings is 2. The van der Waals surface area contributed by atoms with E-state index in [1.165, 1.54) is 18.9 Å². The number of anilines is 2. The summed E-state index contributed by atoms with van der Waals surface area (Å²) in [6.07, 6.45) is 5.38. The number of carbonyl (C=O) groups excluding carboxylic acids is 1. The Hall–Kier alpha value is -2.08. The Balaban J connectivity index is 1.61. The van der Waals surface area contributed by atoms with Gasteiger partial charge in [-0.15, -0.1) is 0 Å². The summed E-state index contributed by atoms with van der Waals surface area (Å²) in [6.45, 7) is 2.06. The highest BCUT2D eigenvalue weighted by molar-refractivity contribution is 7.80. The molecule has 0 unspecified atom stereocenters. The monoisotopic (exact) mass is 419 g/mol. The number of nitrogens with zero attached hydrogens (tertiary/aromatic N) is 1. The van der Waals surface area contributed by atoms with Gasteiger partial charge < -0.3 is 10.2 Å². The van der Waals surface area contributed by atoms with E-state index < -0.39 is 0 Å². The van der Waals surface area contributed by atoms with Crippen LogP contribution >= 0.6 is 35.4 Å². The molecule has 0 spiro atoms. The van der Waals surface area contributed by atoms with E-state index in [4.69, 9.17) is 35.4 Å². The van der Waals surface area contributed by atoms with E-state index in [-0.39, 0.29) is 11.0 Å². The fraction of sp³-hybridized carbons (Fsp3) is 0.200. The molecule has 0 radical (unpaired) electrons. The molecule has 1 aliphatic heterocycles. The van der Waals surface area contributed by atoms with Crippen LogP contribution in [0.5, 0.6) is 0 Å². The maximum absolute atomic E-state index is 12.1. The molecule has 0 saturated carbocycles. The van der Waals surface area contributed by atoms with Crippen LogP contribution in [0.25, 0.3) is 6.08 Å². The summed E-state index contributed by atoms with van der Waals surface area (Å²) in [5.41, 5.74) is 2.68. The molecule has 3 rings (SSSR count). The molecule has 7 heteroatoms. The Morgan fingerprint density at radius 1 is 1.11 bits per heavy atom. The van der Waals surface area contributed by atoms with Gasteiger partial charge in [0, 0.05) is 29.2 Å². The van der Waals surface area contributed by atoms with E-state index in [1.54, 1.807) is 24.3 Å². The predicted molar refractivity (Wildman–Crippen MR) is 118 cm³/mol. The van der Waals surface area contributed by atoms with Crippen molar-refractivity contribution in [2.45, 2.75) is 12.8 Å². The molecule has 1 saturated heterocycles. The van der Waals surface area contributed by atoms with Gasteiger partial charge in [0.25, 0.3) is 0 Å². The highest BCUT2D eigenvalue weighted by atomic mass is 35.5. The molecule has 0 bridgehead atoms. The second-order valence-corrected chi connectivity index (χ2v) is 7.41. The molecule has 2 aromatic carbocycles. The Labute approximate surface area is 174 Å². The van der Waals surface area contributed by atoms with Crippen LogP contribution in [-0.4, -0.2) is 24.1 Å². The molecule has 1 aliphatic rings. The second-order valence-electron chi connectivity index (χ2n) is 6.15. The summed E-state index contributed by atoms with van der Waals surface area (Å²) in [5, 5.41) is 7.04. The van der Waals surface area contributed by atoms with E-state index in [0.717, 1.165) is 24.5 Å². The molecule has 1 amide bonds. The zero-order valence-corrected chi connectivity index (χ0v) is 16.9. The van der Waals surface area contributed by atoms with Crippen LogP contribution in [0.15, 0.2) is 48.5 Å². The maximum Gasteiger partial charge on any atom is 0.250 e. The molecule has 1 heterocycles. The minimum absolute atomic E-state index is 0.249. The predicted octanol–water partition coefficient (Wildman–Crippen LogP) is 5.12. The van der Waals surface area contributed by atoms with Crippen molar-refractivity contribution >= 4 is 63.9 Å². The minimum Gasteiger partial charge on any atom is -0.370 e. The lowest BCUT2D eigenvalue weighted by Crippen LogP contribution is -2.33. The zero-order chi connectivity index (χ0) is 19.2. The van der Waals surface area contributed by atoms with Crippen LogP contribution in [0, 0.1) is 0 Å². The van der Waals surface area contributed by atoms with Crippen molar-refractivity contribution in [3.05, 3.63) is 64.1 Å². The number of amides is 1. The Morgan fingerprint density at radius 3 is 2.59 bits per heavy atom. The lowest BCUT2D eigenvalue weighted by atomic mass is 10.2. The third kappa shape index (κ3) is 5.45. The van der Waals surface area contributed by atoms with Crippen molar-refractivity contribution in [1.29, 1.82) is 0 Å². The second kappa shape index (κ2) is 9.22.